The number of benzene rings is 1. The predicted octanol–water partition coefficient (Wildman–Crippen LogP) is 1.65. The van der Waals surface area contributed by atoms with Crippen molar-refractivity contribution in [1.29, 1.82) is 0 Å². The summed E-state index contributed by atoms with van der Waals surface area (Å²) in [5.41, 5.74) is -0.0413. The molecule has 7 nitrogen and oxygen atoms in total. The number of ether oxygens (including phenoxy) is 1. The molecule has 0 spiro atoms. The van der Waals surface area contributed by atoms with Crippen LogP contribution in [0.5, 0.6) is 5.75 Å². The number of nitrogens with zero attached hydrogens (tertiary/aromatic N) is 2. The molecule has 0 saturated carbocycles. The lowest BCUT2D eigenvalue weighted by Crippen LogP contribution is -2.21. The summed E-state index contributed by atoms with van der Waals surface area (Å²) in [5.74, 6) is 0.274. The molecule has 0 unspecified atom stereocenters. The highest BCUT2D eigenvalue weighted by Crippen LogP contribution is 2.22. The van der Waals surface area contributed by atoms with Gasteiger partial charge in [0.25, 0.3) is 5.69 Å². The summed E-state index contributed by atoms with van der Waals surface area (Å²) in [6, 6.07) is 3.82. The number of carbonyl (C=O) groups excluding carboxylic acids is 2. The van der Waals surface area contributed by atoms with Gasteiger partial charge in [0, 0.05) is 32.6 Å². The maximum absolute atomic E-state index is 11.3. The molecule has 0 aliphatic heterocycles. The second-order valence-corrected chi connectivity index (χ2v) is 4.34. The summed E-state index contributed by atoms with van der Waals surface area (Å²) in [6.07, 6.45) is 1.36. The number of carbonyl (C=O) groups is 2. The largest absolute Gasteiger partial charge is 0.493 e. The summed E-state index contributed by atoms with van der Waals surface area (Å²) >= 11 is 0. The first-order valence-electron chi connectivity index (χ1n) is 6.02. The van der Waals surface area contributed by atoms with Gasteiger partial charge in [-0.1, -0.05) is 0 Å². The molecule has 0 bridgehead atoms. The molecule has 0 aromatic heterocycles. The SMILES string of the molecule is CN(C)C(=O)CCCOc1ccc([N+](=O)[O-])cc1C=O. The van der Waals surface area contributed by atoms with Crippen LogP contribution in [0.15, 0.2) is 18.2 Å². The van der Waals surface area contributed by atoms with Gasteiger partial charge in [-0.2, -0.15) is 0 Å². The second kappa shape index (κ2) is 7.22. The monoisotopic (exact) mass is 280 g/mol. The molecule has 0 aliphatic carbocycles. The van der Waals surface area contributed by atoms with Crippen LogP contribution in [0.4, 0.5) is 5.69 Å². The van der Waals surface area contributed by atoms with Crippen LogP contribution in [0.1, 0.15) is 23.2 Å². The zero-order chi connectivity index (χ0) is 15.1. The number of hydrogen-bond acceptors (Lipinski definition) is 5. The Bertz CT molecular complexity index is 513. The van der Waals surface area contributed by atoms with Crippen molar-refractivity contribution in [2.24, 2.45) is 0 Å². The summed E-state index contributed by atoms with van der Waals surface area (Å²) in [7, 11) is 3.34. The lowest BCUT2D eigenvalue weighted by Gasteiger charge is -2.11. The molecule has 1 aromatic rings. The fourth-order valence-electron chi connectivity index (χ4n) is 1.50. The standard InChI is InChI=1S/C13H16N2O5/c1-14(2)13(17)4-3-7-20-12-6-5-11(15(18)19)8-10(12)9-16/h5-6,8-9H,3-4,7H2,1-2H3. The van der Waals surface area contributed by atoms with Crippen LogP contribution in [0, 0.1) is 10.1 Å². The Kier molecular flexibility index (Phi) is 5.64. The third-order valence-electron chi connectivity index (χ3n) is 2.62. The van der Waals surface area contributed by atoms with Crippen molar-refractivity contribution in [2.75, 3.05) is 20.7 Å². The number of amides is 1. The molecule has 1 amide bonds. The van der Waals surface area contributed by atoms with Crippen molar-refractivity contribution in [3.8, 4) is 5.75 Å². The highest BCUT2D eigenvalue weighted by molar-refractivity contribution is 5.80. The van der Waals surface area contributed by atoms with E-state index >= 15 is 0 Å². The number of rotatable bonds is 7. The van der Waals surface area contributed by atoms with E-state index in [9.17, 15) is 19.7 Å². The summed E-state index contributed by atoms with van der Waals surface area (Å²) in [6.45, 7) is 0.262. The van der Waals surface area contributed by atoms with Crippen LogP contribution in [0.25, 0.3) is 0 Å². The van der Waals surface area contributed by atoms with Gasteiger partial charge in [0.05, 0.1) is 17.1 Å². The van der Waals surface area contributed by atoms with E-state index in [-0.39, 0.29) is 29.5 Å². The topological polar surface area (TPSA) is 89.8 Å². The van der Waals surface area contributed by atoms with Crippen molar-refractivity contribution in [1.82, 2.24) is 4.90 Å². The molecule has 20 heavy (non-hydrogen) atoms. The Morgan fingerprint density at radius 2 is 2.15 bits per heavy atom. The van der Waals surface area contributed by atoms with Crippen LogP contribution < -0.4 is 4.74 Å². The number of nitro groups is 1. The van der Waals surface area contributed by atoms with E-state index in [4.69, 9.17) is 4.74 Å². The molecule has 0 saturated heterocycles. The Balaban J connectivity index is 2.58. The highest BCUT2D eigenvalue weighted by Gasteiger charge is 2.11. The molecule has 0 aliphatic rings. The third-order valence-corrected chi connectivity index (χ3v) is 2.62. The van der Waals surface area contributed by atoms with E-state index in [0.29, 0.717) is 19.1 Å². The molecular weight excluding hydrogens is 264 g/mol. The van der Waals surface area contributed by atoms with Crippen LogP contribution in [-0.4, -0.2) is 42.7 Å². The number of aldehydes is 1. The van der Waals surface area contributed by atoms with Crippen molar-refractivity contribution in [3.63, 3.8) is 0 Å². The van der Waals surface area contributed by atoms with Gasteiger partial charge in [0.2, 0.25) is 5.91 Å². The summed E-state index contributed by atoms with van der Waals surface area (Å²) in [4.78, 5) is 33.7. The quantitative estimate of drug-likeness (QED) is 0.328. The highest BCUT2D eigenvalue weighted by atomic mass is 16.6. The van der Waals surface area contributed by atoms with Crippen molar-refractivity contribution >= 4 is 17.9 Å². The molecule has 108 valence electrons. The van der Waals surface area contributed by atoms with Gasteiger partial charge in [-0.05, 0) is 12.5 Å². The molecular formula is C13H16N2O5. The molecule has 1 rings (SSSR count). The lowest BCUT2D eigenvalue weighted by molar-refractivity contribution is -0.384. The van der Waals surface area contributed by atoms with E-state index in [1.165, 1.54) is 17.0 Å². The fourth-order valence-corrected chi connectivity index (χ4v) is 1.50. The zero-order valence-electron chi connectivity index (χ0n) is 11.4. The van der Waals surface area contributed by atoms with Gasteiger partial charge in [-0.3, -0.25) is 19.7 Å². The zero-order valence-corrected chi connectivity index (χ0v) is 11.4. The minimum atomic E-state index is -0.577. The van der Waals surface area contributed by atoms with Crippen molar-refractivity contribution in [2.45, 2.75) is 12.8 Å². The van der Waals surface area contributed by atoms with E-state index in [2.05, 4.69) is 0 Å². The van der Waals surface area contributed by atoms with Crippen molar-refractivity contribution in [3.05, 3.63) is 33.9 Å². The fraction of sp³-hybridized carbons (Fsp3) is 0.385. The van der Waals surface area contributed by atoms with Gasteiger partial charge in [-0.25, -0.2) is 0 Å². The molecule has 0 fully saturated rings. The molecule has 7 heteroatoms. The van der Waals surface area contributed by atoms with Crippen molar-refractivity contribution < 1.29 is 19.2 Å². The second-order valence-electron chi connectivity index (χ2n) is 4.34. The minimum Gasteiger partial charge on any atom is -0.493 e. The van der Waals surface area contributed by atoms with Gasteiger partial charge in [0.1, 0.15) is 5.75 Å². The Morgan fingerprint density at radius 1 is 1.45 bits per heavy atom. The average molecular weight is 280 g/mol. The van der Waals surface area contributed by atoms with Crippen LogP contribution >= 0.6 is 0 Å². The molecule has 0 N–H and O–H groups in total. The minimum absolute atomic E-state index is 0.00656. The van der Waals surface area contributed by atoms with Crippen LogP contribution in [-0.2, 0) is 4.79 Å². The smallest absolute Gasteiger partial charge is 0.270 e. The van der Waals surface area contributed by atoms with E-state index < -0.39 is 4.92 Å². The number of nitro benzene ring substituents is 1. The lowest BCUT2D eigenvalue weighted by atomic mass is 10.2. The van der Waals surface area contributed by atoms with Gasteiger partial charge < -0.3 is 9.64 Å². The van der Waals surface area contributed by atoms with E-state index in [1.807, 2.05) is 0 Å². The van der Waals surface area contributed by atoms with E-state index in [1.54, 1.807) is 14.1 Å². The van der Waals surface area contributed by atoms with E-state index in [0.717, 1.165) is 6.07 Å². The first-order valence-corrected chi connectivity index (χ1v) is 6.02. The third kappa shape index (κ3) is 4.34. The maximum Gasteiger partial charge on any atom is 0.270 e. The van der Waals surface area contributed by atoms with Gasteiger partial charge in [-0.15, -0.1) is 0 Å². The molecule has 0 radical (unpaired) electrons. The Labute approximate surface area is 116 Å². The Hall–Kier alpha value is -2.44. The maximum atomic E-state index is 11.3. The van der Waals surface area contributed by atoms with Gasteiger partial charge in [0.15, 0.2) is 6.29 Å². The predicted molar refractivity (Wildman–Crippen MR) is 71.9 cm³/mol. The Morgan fingerprint density at radius 3 is 2.70 bits per heavy atom. The summed E-state index contributed by atoms with van der Waals surface area (Å²) in [5, 5.41) is 10.6. The summed E-state index contributed by atoms with van der Waals surface area (Å²) < 4.78 is 5.37. The van der Waals surface area contributed by atoms with Gasteiger partial charge >= 0.3 is 0 Å². The molecule has 0 heterocycles. The first kappa shape index (κ1) is 15.6. The normalized spacial score (nSPS) is 9.90. The van der Waals surface area contributed by atoms with Crippen LogP contribution in [0.2, 0.25) is 0 Å². The van der Waals surface area contributed by atoms with Crippen LogP contribution in [0.3, 0.4) is 0 Å². The molecule has 0 atom stereocenters. The number of non-ortho nitro benzene ring substituents is 1. The molecule has 1 aromatic carbocycles. The first-order chi connectivity index (χ1) is 9.45. The number of hydrogen-bond donors (Lipinski definition) is 0. The average Bonchev–Trinajstić information content (AvgIpc) is 2.42.